The molecule has 0 saturated carbocycles. The predicted octanol–water partition coefficient (Wildman–Crippen LogP) is 2.47. The second kappa shape index (κ2) is 4.79. The van der Waals surface area contributed by atoms with Crippen LogP contribution in [0.2, 0.25) is 0 Å². The number of rotatable bonds is 2. The Hall–Kier alpha value is -1.49. The first kappa shape index (κ1) is 12.0. The van der Waals surface area contributed by atoms with E-state index < -0.39 is 0 Å². The minimum atomic E-state index is -0.0741. The van der Waals surface area contributed by atoms with E-state index in [2.05, 4.69) is 30.9 Å². The first-order valence-corrected chi connectivity index (χ1v) is 6.12. The standard InChI is InChI=1S/C12H12BrN3O/c1-3-10-7(2)15-11(16-12(10)17)8-4-9(13)6-14-5-8/h4-6H,3H2,1-2H3,(H,15,16,17). The Morgan fingerprint density at radius 3 is 2.76 bits per heavy atom. The molecule has 0 saturated heterocycles. The van der Waals surface area contributed by atoms with Crippen LogP contribution in [-0.4, -0.2) is 15.0 Å². The van der Waals surface area contributed by atoms with Gasteiger partial charge in [0.25, 0.3) is 5.56 Å². The lowest BCUT2D eigenvalue weighted by Gasteiger charge is -2.05. The second-order valence-corrected chi connectivity index (χ2v) is 4.64. The monoisotopic (exact) mass is 293 g/mol. The number of hydrogen-bond acceptors (Lipinski definition) is 3. The summed E-state index contributed by atoms with van der Waals surface area (Å²) in [7, 11) is 0. The van der Waals surface area contributed by atoms with Crippen LogP contribution in [0.3, 0.4) is 0 Å². The van der Waals surface area contributed by atoms with Crippen molar-refractivity contribution in [2.75, 3.05) is 0 Å². The van der Waals surface area contributed by atoms with Crippen molar-refractivity contribution in [3.63, 3.8) is 0 Å². The summed E-state index contributed by atoms with van der Waals surface area (Å²) in [6, 6.07) is 1.87. The van der Waals surface area contributed by atoms with E-state index in [1.807, 2.05) is 19.9 Å². The van der Waals surface area contributed by atoms with Crippen LogP contribution in [0.5, 0.6) is 0 Å². The molecule has 4 nitrogen and oxygen atoms in total. The first-order chi connectivity index (χ1) is 8.11. The van der Waals surface area contributed by atoms with E-state index in [9.17, 15) is 4.79 Å². The van der Waals surface area contributed by atoms with Crippen LogP contribution >= 0.6 is 15.9 Å². The Morgan fingerprint density at radius 1 is 1.41 bits per heavy atom. The maximum Gasteiger partial charge on any atom is 0.254 e. The van der Waals surface area contributed by atoms with Gasteiger partial charge in [-0.2, -0.15) is 0 Å². The fraction of sp³-hybridized carbons (Fsp3) is 0.250. The lowest BCUT2D eigenvalue weighted by Crippen LogP contribution is -2.16. The summed E-state index contributed by atoms with van der Waals surface area (Å²) < 4.78 is 0.856. The molecule has 0 aliphatic heterocycles. The maximum atomic E-state index is 11.8. The van der Waals surface area contributed by atoms with E-state index in [-0.39, 0.29) is 5.56 Å². The minimum Gasteiger partial charge on any atom is -0.306 e. The highest BCUT2D eigenvalue weighted by atomic mass is 79.9. The molecule has 0 radical (unpaired) electrons. The Bertz CT molecular complexity index is 607. The largest absolute Gasteiger partial charge is 0.306 e. The van der Waals surface area contributed by atoms with Gasteiger partial charge >= 0.3 is 0 Å². The molecule has 0 aliphatic rings. The van der Waals surface area contributed by atoms with Crippen molar-refractivity contribution >= 4 is 15.9 Å². The van der Waals surface area contributed by atoms with Crippen LogP contribution in [0.1, 0.15) is 18.2 Å². The van der Waals surface area contributed by atoms with Gasteiger partial charge in [-0.15, -0.1) is 0 Å². The lowest BCUT2D eigenvalue weighted by atomic mass is 10.2. The molecule has 0 aromatic carbocycles. The van der Waals surface area contributed by atoms with Crippen LogP contribution < -0.4 is 5.56 Å². The van der Waals surface area contributed by atoms with Crippen molar-refractivity contribution in [3.05, 3.63) is 44.5 Å². The summed E-state index contributed by atoms with van der Waals surface area (Å²) >= 11 is 3.34. The molecule has 17 heavy (non-hydrogen) atoms. The van der Waals surface area contributed by atoms with Gasteiger partial charge in [0.05, 0.1) is 0 Å². The summed E-state index contributed by atoms with van der Waals surface area (Å²) in [5.74, 6) is 0.554. The number of H-pyrrole nitrogens is 1. The van der Waals surface area contributed by atoms with E-state index in [4.69, 9.17) is 0 Å². The quantitative estimate of drug-likeness (QED) is 0.925. The first-order valence-electron chi connectivity index (χ1n) is 5.32. The molecule has 0 unspecified atom stereocenters. The Labute approximate surface area is 107 Å². The van der Waals surface area contributed by atoms with Crippen molar-refractivity contribution in [1.82, 2.24) is 15.0 Å². The molecule has 0 atom stereocenters. The number of nitrogens with one attached hydrogen (secondary N) is 1. The van der Waals surface area contributed by atoms with Gasteiger partial charge in [-0.1, -0.05) is 6.92 Å². The number of aromatic nitrogens is 3. The van der Waals surface area contributed by atoms with E-state index in [0.29, 0.717) is 12.2 Å². The zero-order valence-corrected chi connectivity index (χ0v) is 11.2. The summed E-state index contributed by atoms with van der Waals surface area (Å²) in [6.07, 6.45) is 4.05. The maximum absolute atomic E-state index is 11.8. The molecule has 5 heteroatoms. The molecule has 2 heterocycles. The number of halogens is 1. The third-order valence-electron chi connectivity index (χ3n) is 2.55. The van der Waals surface area contributed by atoms with Crippen LogP contribution in [0.4, 0.5) is 0 Å². The van der Waals surface area contributed by atoms with Crippen LogP contribution in [0.15, 0.2) is 27.7 Å². The van der Waals surface area contributed by atoms with E-state index >= 15 is 0 Å². The molecule has 0 amide bonds. The van der Waals surface area contributed by atoms with Crippen molar-refractivity contribution < 1.29 is 0 Å². The van der Waals surface area contributed by atoms with Crippen molar-refractivity contribution in [2.45, 2.75) is 20.3 Å². The third kappa shape index (κ3) is 2.44. The van der Waals surface area contributed by atoms with Gasteiger partial charge in [-0.05, 0) is 35.3 Å². The molecule has 0 fully saturated rings. The van der Waals surface area contributed by atoms with Crippen LogP contribution in [0.25, 0.3) is 11.4 Å². The van der Waals surface area contributed by atoms with Crippen LogP contribution in [-0.2, 0) is 6.42 Å². The summed E-state index contributed by atoms with van der Waals surface area (Å²) in [4.78, 5) is 23.1. The van der Waals surface area contributed by atoms with Crippen molar-refractivity contribution in [2.24, 2.45) is 0 Å². The molecule has 88 valence electrons. The van der Waals surface area contributed by atoms with Gasteiger partial charge in [-0.25, -0.2) is 4.98 Å². The van der Waals surface area contributed by atoms with Gasteiger partial charge < -0.3 is 4.98 Å². The van der Waals surface area contributed by atoms with E-state index in [1.165, 1.54) is 0 Å². The fourth-order valence-electron chi connectivity index (χ4n) is 1.70. The molecule has 2 aromatic heterocycles. The third-order valence-corrected chi connectivity index (χ3v) is 2.99. The van der Waals surface area contributed by atoms with Gasteiger partial charge in [-0.3, -0.25) is 9.78 Å². The zero-order valence-electron chi connectivity index (χ0n) is 9.62. The average molecular weight is 294 g/mol. The second-order valence-electron chi connectivity index (χ2n) is 3.72. The molecule has 0 aliphatic carbocycles. The Kier molecular flexibility index (Phi) is 3.38. The molecule has 1 N–H and O–H groups in total. The fourth-order valence-corrected chi connectivity index (χ4v) is 2.07. The molecular weight excluding hydrogens is 282 g/mol. The van der Waals surface area contributed by atoms with Gasteiger partial charge in [0.1, 0.15) is 5.82 Å². The number of pyridine rings is 1. The molecule has 0 spiro atoms. The number of nitrogens with zero attached hydrogens (tertiary/aromatic N) is 2. The molecule has 0 bridgehead atoms. The predicted molar refractivity (Wildman–Crippen MR) is 69.9 cm³/mol. The SMILES string of the molecule is CCc1c(C)nc(-c2cncc(Br)c2)[nH]c1=O. The van der Waals surface area contributed by atoms with Gasteiger partial charge in [0, 0.05) is 33.7 Å². The summed E-state index contributed by atoms with van der Waals surface area (Å²) in [5, 5.41) is 0. The normalized spacial score (nSPS) is 10.5. The minimum absolute atomic E-state index is 0.0741. The highest BCUT2D eigenvalue weighted by molar-refractivity contribution is 9.10. The zero-order chi connectivity index (χ0) is 12.4. The van der Waals surface area contributed by atoms with Crippen molar-refractivity contribution in [1.29, 1.82) is 0 Å². The Balaban J connectivity index is 2.58. The highest BCUT2D eigenvalue weighted by Gasteiger charge is 2.08. The highest BCUT2D eigenvalue weighted by Crippen LogP contribution is 2.18. The summed E-state index contributed by atoms with van der Waals surface area (Å²) in [6.45, 7) is 3.79. The van der Waals surface area contributed by atoms with Crippen LogP contribution in [0, 0.1) is 6.92 Å². The topological polar surface area (TPSA) is 58.6 Å². The molecule has 2 rings (SSSR count). The number of hydrogen-bond donors (Lipinski definition) is 1. The van der Waals surface area contributed by atoms with Gasteiger partial charge in [0.2, 0.25) is 0 Å². The van der Waals surface area contributed by atoms with E-state index in [0.717, 1.165) is 21.3 Å². The smallest absolute Gasteiger partial charge is 0.254 e. The number of aromatic amines is 1. The molecule has 2 aromatic rings. The summed E-state index contributed by atoms with van der Waals surface area (Å²) in [5.41, 5.74) is 2.22. The molecular formula is C12H12BrN3O. The van der Waals surface area contributed by atoms with Crippen molar-refractivity contribution in [3.8, 4) is 11.4 Å². The Morgan fingerprint density at radius 2 is 2.18 bits per heavy atom. The number of aryl methyl sites for hydroxylation is 1. The average Bonchev–Trinajstić information content (AvgIpc) is 2.28. The lowest BCUT2D eigenvalue weighted by molar-refractivity contribution is 0.966. The van der Waals surface area contributed by atoms with E-state index in [1.54, 1.807) is 12.4 Å². The van der Waals surface area contributed by atoms with Gasteiger partial charge in [0.15, 0.2) is 0 Å².